The molecule has 0 aliphatic heterocycles. The first-order valence-electron chi connectivity index (χ1n) is 6.65. The molecule has 0 saturated heterocycles. The van der Waals surface area contributed by atoms with Gasteiger partial charge in [-0.05, 0) is 47.2 Å². The third-order valence-electron chi connectivity index (χ3n) is 3.21. The van der Waals surface area contributed by atoms with Crippen LogP contribution in [0.15, 0.2) is 41.3 Å². The Bertz CT molecular complexity index is 913. The van der Waals surface area contributed by atoms with Crippen LogP contribution in [-0.4, -0.2) is 20.5 Å². The lowest BCUT2D eigenvalue weighted by Crippen LogP contribution is -2.23. The van der Waals surface area contributed by atoms with Gasteiger partial charge in [-0.2, -0.15) is 0 Å². The van der Waals surface area contributed by atoms with E-state index in [1.54, 1.807) is 6.92 Å². The number of benzene rings is 1. The number of fused-ring (bicyclic) bond motifs is 1. The maximum absolute atomic E-state index is 12.3. The summed E-state index contributed by atoms with van der Waals surface area (Å²) < 4.78 is 2.37. The Morgan fingerprint density at radius 3 is 3.00 bits per heavy atom. The number of aromatic amines is 1. The summed E-state index contributed by atoms with van der Waals surface area (Å²) in [6.45, 7) is 2.14. The van der Waals surface area contributed by atoms with Crippen molar-refractivity contribution in [1.82, 2.24) is 19.9 Å². The second-order valence-corrected chi connectivity index (χ2v) is 6.14. The summed E-state index contributed by atoms with van der Waals surface area (Å²) in [6, 6.07) is 9.30. The van der Waals surface area contributed by atoms with Crippen molar-refractivity contribution in [1.29, 1.82) is 0 Å². The highest BCUT2D eigenvalue weighted by Crippen LogP contribution is 2.09. The van der Waals surface area contributed by atoms with Crippen molar-refractivity contribution in [3.63, 3.8) is 0 Å². The molecule has 0 bridgehead atoms. The number of carbonyl (C=O) groups excluding carboxylic acids is 1. The SMILES string of the molecule is Cc1cc(=O)n2[nH]cc(C(=O)NCc3cccc(I)c3)c2n1. The number of H-pyrrole nitrogens is 1. The van der Waals surface area contributed by atoms with Gasteiger partial charge in [0.05, 0.1) is 0 Å². The molecule has 1 aromatic carbocycles. The summed E-state index contributed by atoms with van der Waals surface area (Å²) in [7, 11) is 0. The molecule has 0 unspecified atom stereocenters. The van der Waals surface area contributed by atoms with Crippen molar-refractivity contribution in [3.8, 4) is 0 Å². The number of nitrogens with one attached hydrogen (secondary N) is 2. The van der Waals surface area contributed by atoms with Gasteiger partial charge >= 0.3 is 0 Å². The third-order valence-corrected chi connectivity index (χ3v) is 3.88. The van der Waals surface area contributed by atoms with E-state index in [-0.39, 0.29) is 11.5 Å². The lowest BCUT2D eigenvalue weighted by atomic mass is 10.2. The molecule has 112 valence electrons. The van der Waals surface area contributed by atoms with E-state index >= 15 is 0 Å². The second kappa shape index (κ2) is 5.91. The average Bonchev–Trinajstić information content (AvgIpc) is 2.89. The zero-order chi connectivity index (χ0) is 15.7. The molecule has 0 fully saturated rings. The normalized spacial score (nSPS) is 10.8. The number of carbonyl (C=O) groups is 1. The molecule has 0 aliphatic carbocycles. The molecule has 6 nitrogen and oxygen atoms in total. The summed E-state index contributed by atoms with van der Waals surface area (Å²) in [4.78, 5) is 28.4. The highest BCUT2D eigenvalue weighted by molar-refractivity contribution is 14.1. The molecule has 1 amide bonds. The van der Waals surface area contributed by atoms with Gasteiger partial charge in [0.25, 0.3) is 11.5 Å². The van der Waals surface area contributed by atoms with Crippen LogP contribution >= 0.6 is 22.6 Å². The maximum Gasteiger partial charge on any atom is 0.272 e. The smallest absolute Gasteiger partial charge is 0.272 e. The van der Waals surface area contributed by atoms with Crippen molar-refractivity contribution >= 4 is 34.1 Å². The summed E-state index contributed by atoms with van der Waals surface area (Å²) in [5.74, 6) is -0.268. The fourth-order valence-electron chi connectivity index (χ4n) is 2.19. The van der Waals surface area contributed by atoms with Crippen LogP contribution in [0.2, 0.25) is 0 Å². The van der Waals surface area contributed by atoms with Crippen molar-refractivity contribution in [3.05, 3.63) is 67.3 Å². The first-order valence-corrected chi connectivity index (χ1v) is 7.73. The van der Waals surface area contributed by atoms with Gasteiger partial charge in [0, 0.05) is 28.1 Å². The van der Waals surface area contributed by atoms with Crippen LogP contribution in [0, 0.1) is 10.5 Å². The molecule has 0 spiro atoms. The van der Waals surface area contributed by atoms with Crippen LogP contribution in [0.25, 0.3) is 5.65 Å². The van der Waals surface area contributed by atoms with Crippen molar-refractivity contribution in [2.24, 2.45) is 0 Å². The minimum atomic E-state index is -0.268. The Labute approximate surface area is 139 Å². The Kier molecular flexibility index (Phi) is 3.97. The van der Waals surface area contributed by atoms with Gasteiger partial charge < -0.3 is 5.32 Å². The predicted molar refractivity (Wildman–Crippen MR) is 90.9 cm³/mol. The highest BCUT2D eigenvalue weighted by atomic mass is 127. The fraction of sp³-hybridized carbons (Fsp3) is 0.133. The molecular formula is C15H13IN4O2. The van der Waals surface area contributed by atoms with E-state index in [2.05, 4.69) is 38.0 Å². The topological polar surface area (TPSA) is 79.3 Å². The minimum absolute atomic E-state index is 0.237. The molecule has 2 N–H and O–H groups in total. The summed E-state index contributed by atoms with van der Waals surface area (Å²) in [5, 5.41) is 5.59. The number of aromatic nitrogens is 3. The Hall–Kier alpha value is -2.16. The first-order chi connectivity index (χ1) is 10.5. The maximum atomic E-state index is 12.3. The van der Waals surface area contributed by atoms with Crippen molar-refractivity contribution in [2.45, 2.75) is 13.5 Å². The molecule has 3 rings (SSSR count). The molecule has 0 saturated carbocycles. The number of halogens is 1. The predicted octanol–water partition coefficient (Wildman–Crippen LogP) is 1.87. The van der Waals surface area contributed by atoms with Gasteiger partial charge in [-0.1, -0.05) is 12.1 Å². The van der Waals surface area contributed by atoms with Crippen LogP contribution in [0.4, 0.5) is 0 Å². The van der Waals surface area contributed by atoms with Crippen LogP contribution in [0.3, 0.4) is 0 Å². The Morgan fingerprint density at radius 1 is 1.41 bits per heavy atom. The van der Waals surface area contributed by atoms with E-state index in [9.17, 15) is 9.59 Å². The fourth-order valence-corrected chi connectivity index (χ4v) is 2.80. The molecule has 3 aromatic rings. The number of rotatable bonds is 3. The summed E-state index contributed by atoms with van der Waals surface area (Å²) >= 11 is 2.23. The van der Waals surface area contributed by atoms with Crippen LogP contribution < -0.4 is 10.9 Å². The molecule has 2 aromatic heterocycles. The first kappa shape index (κ1) is 14.8. The van der Waals surface area contributed by atoms with Crippen molar-refractivity contribution in [2.75, 3.05) is 0 Å². The Morgan fingerprint density at radius 2 is 2.23 bits per heavy atom. The molecule has 0 radical (unpaired) electrons. The standard InChI is InChI=1S/C15H13IN4O2/c1-9-5-13(21)20-14(19-9)12(8-18-20)15(22)17-7-10-3-2-4-11(16)6-10/h2-6,8,18H,7H2,1H3,(H,17,22). The number of hydrogen-bond acceptors (Lipinski definition) is 3. The molecular weight excluding hydrogens is 395 g/mol. The number of amides is 1. The van der Waals surface area contributed by atoms with E-state index < -0.39 is 0 Å². The van der Waals surface area contributed by atoms with E-state index in [1.165, 1.54) is 16.8 Å². The highest BCUT2D eigenvalue weighted by Gasteiger charge is 2.14. The molecule has 2 heterocycles. The van der Waals surface area contributed by atoms with Gasteiger partial charge in [0.1, 0.15) is 5.56 Å². The zero-order valence-electron chi connectivity index (χ0n) is 11.8. The molecule has 7 heteroatoms. The van der Waals surface area contributed by atoms with E-state index in [4.69, 9.17) is 0 Å². The molecule has 0 aliphatic rings. The number of nitrogens with zero attached hydrogens (tertiary/aromatic N) is 2. The van der Waals surface area contributed by atoms with Gasteiger partial charge in [-0.3, -0.25) is 14.7 Å². The number of hydrogen-bond donors (Lipinski definition) is 2. The lowest BCUT2D eigenvalue weighted by Gasteiger charge is -2.05. The van der Waals surface area contributed by atoms with Crippen molar-refractivity contribution < 1.29 is 4.79 Å². The third kappa shape index (κ3) is 2.89. The quantitative estimate of drug-likeness (QED) is 0.650. The summed E-state index contributed by atoms with van der Waals surface area (Å²) in [6.07, 6.45) is 1.49. The summed E-state index contributed by atoms with van der Waals surface area (Å²) in [5.41, 5.74) is 2.05. The average molecular weight is 408 g/mol. The van der Waals surface area contributed by atoms with E-state index in [1.807, 2.05) is 24.3 Å². The Balaban J connectivity index is 1.85. The molecule has 22 heavy (non-hydrogen) atoms. The minimum Gasteiger partial charge on any atom is -0.348 e. The molecule has 0 atom stereocenters. The van der Waals surface area contributed by atoms with Gasteiger partial charge in [-0.25, -0.2) is 9.50 Å². The number of aryl methyl sites for hydroxylation is 1. The van der Waals surface area contributed by atoms with Gasteiger partial charge in [0.2, 0.25) is 0 Å². The lowest BCUT2D eigenvalue weighted by molar-refractivity contribution is 0.0952. The van der Waals surface area contributed by atoms with Crippen LogP contribution in [-0.2, 0) is 6.54 Å². The van der Waals surface area contributed by atoms with Crippen LogP contribution in [0.5, 0.6) is 0 Å². The van der Waals surface area contributed by atoms with Gasteiger partial charge in [0.15, 0.2) is 5.65 Å². The van der Waals surface area contributed by atoms with Gasteiger partial charge in [-0.15, -0.1) is 0 Å². The van der Waals surface area contributed by atoms with Crippen LogP contribution in [0.1, 0.15) is 21.6 Å². The second-order valence-electron chi connectivity index (χ2n) is 4.89. The zero-order valence-corrected chi connectivity index (χ0v) is 13.9. The van der Waals surface area contributed by atoms with E-state index in [0.29, 0.717) is 23.4 Å². The van der Waals surface area contributed by atoms with E-state index in [0.717, 1.165) is 9.13 Å². The largest absolute Gasteiger partial charge is 0.348 e. The monoisotopic (exact) mass is 408 g/mol.